The molecule has 1 aliphatic heterocycles. The van der Waals surface area contributed by atoms with Crippen LogP contribution in [0.2, 0.25) is 0 Å². The zero-order valence-corrected chi connectivity index (χ0v) is 8.25. The number of aliphatic hydroxyl groups is 1. The Morgan fingerprint density at radius 1 is 1.53 bits per heavy atom. The molecule has 0 saturated carbocycles. The van der Waals surface area contributed by atoms with E-state index in [4.69, 9.17) is 0 Å². The largest absolute Gasteiger partial charge is 0.380 e. The van der Waals surface area contributed by atoms with Crippen molar-refractivity contribution in [1.29, 1.82) is 0 Å². The van der Waals surface area contributed by atoms with Crippen LogP contribution in [-0.4, -0.2) is 41.0 Å². The summed E-state index contributed by atoms with van der Waals surface area (Å²) in [4.78, 5) is 12.9. The molecular weight excluding hydrogens is 204 g/mol. The molecule has 0 bridgehead atoms. The van der Waals surface area contributed by atoms with Crippen LogP contribution in [0.4, 0.5) is 8.78 Å². The zero-order valence-electron chi connectivity index (χ0n) is 8.25. The fourth-order valence-corrected chi connectivity index (χ4v) is 1.96. The molecule has 1 amide bonds. The maximum atomic E-state index is 12.3. The molecule has 3 nitrogen and oxygen atoms in total. The highest BCUT2D eigenvalue weighted by atomic mass is 19.3. The first-order valence-electron chi connectivity index (χ1n) is 5.02. The van der Waals surface area contributed by atoms with Crippen LogP contribution in [0.25, 0.3) is 0 Å². The van der Waals surface area contributed by atoms with Gasteiger partial charge in [-0.3, -0.25) is 4.79 Å². The number of nitrogens with zero attached hydrogens (tertiary/aromatic N) is 1. The van der Waals surface area contributed by atoms with E-state index in [-0.39, 0.29) is 19.0 Å². The number of halogens is 2. The van der Waals surface area contributed by atoms with Crippen LogP contribution in [0.3, 0.4) is 0 Å². The van der Waals surface area contributed by atoms with Gasteiger partial charge in [0.15, 0.2) is 5.60 Å². The van der Waals surface area contributed by atoms with Crippen molar-refractivity contribution < 1.29 is 18.7 Å². The molecule has 2 aliphatic rings. The van der Waals surface area contributed by atoms with Crippen LogP contribution >= 0.6 is 0 Å². The molecule has 0 spiro atoms. The van der Waals surface area contributed by atoms with Gasteiger partial charge in [0.1, 0.15) is 0 Å². The summed E-state index contributed by atoms with van der Waals surface area (Å²) in [5, 5.41) is 9.29. The van der Waals surface area contributed by atoms with Gasteiger partial charge in [0.25, 0.3) is 6.43 Å². The number of likely N-dealkylation sites (tertiary alicyclic amines) is 1. The zero-order chi connectivity index (χ0) is 11.1. The monoisotopic (exact) mass is 217 g/mol. The molecule has 0 aromatic heterocycles. The predicted molar refractivity (Wildman–Crippen MR) is 49.5 cm³/mol. The Morgan fingerprint density at radius 3 is 2.67 bits per heavy atom. The van der Waals surface area contributed by atoms with E-state index >= 15 is 0 Å². The number of hydrogen-bond donors (Lipinski definition) is 1. The molecule has 84 valence electrons. The van der Waals surface area contributed by atoms with Gasteiger partial charge < -0.3 is 10.0 Å². The second kappa shape index (κ2) is 3.56. The van der Waals surface area contributed by atoms with E-state index in [1.807, 2.05) is 6.08 Å². The van der Waals surface area contributed by atoms with E-state index in [0.29, 0.717) is 5.57 Å². The fourth-order valence-electron chi connectivity index (χ4n) is 1.96. The summed E-state index contributed by atoms with van der Waals surface area (Å²) in [6.07, 6.45) is 1.63. The quantitative estimate of drug-likeness (QED) is 0.747. The predicted octanol–water partition coefficient (Wildman–Crippen LogP) is 0.935. The second-order valence-electron chi connectivity index (χ2n) is 4.19. The minimum Gasteiger partial charge on any atom is -0.380 e. The summed E-state index contributed by atoms with van der Waals surface area (Å²) in [5.41, 5.74) is -1.28. The van der Waals surface area contributed by atoms with E-state index in [1.54, 1.807) is 0 Å². The third kappa shape index (κ3) is 1.76. The molecule has 2 rings (SSSR count). The smallest absolute Gasteiger partial charge is 0.270 e. The van der Waals surface area contributed by atoms with Crippen molar-refractivity contribution in [3.8, 4) is 0 Å². The number of rotatable bonds is 2. The summed E-state index contributed by atoms with van der Waals surface area (Å²) >= 11 is 0. The van der Waals surface area contributed by atoms with Crippen molar-refractivity contribution in [2.24, 2.45) is 0 Å². The van der Waals surface area contributed by atoms with Crippen molar-refractivity contribution >= 4 is 5.91 Å². The van der Waals surface area contributed by atoms with Crippen molar-refractivity contribution in [1.82, 2.24) is 4.90 Å². The Bertz CT molecular complexity index is 309. The Hall–Kier alpha value is -0.970. The van der Waals surface area contributed by atoms with Crippen molar-refractivity contribution in [3.05, 3.63) is 11.6 Å². The molecule has 0 aromatic carbocycles. The van der Waals surface area contributed by atoms with Gasteiger partial charge in [-0.2, -0.15) is 0 Å². The first-order chi connectivity index (χ1) is 7.03. The highest BCUT2D eigenvalue weighted by Crippen LogP contribution is 2.30. The van der Waals surface area contributed by atoms with Gasteiger partial charge in [-0.1, -0.05) is 6.08 Å². The number of allylic oxidation sites excluding steroid dienone is 1. The standard InChI is InChI=1S/C10H13F2NO2/c11-9(12)10(15)5-13(6-10)8(14)7-3-1-2-4-7/h3,9,15H,1-2,4-6H2. The van der Waals surface area contributed by atoms with Crippen molar-refractivity contribution in [2.75, 3.05) is 13.1 Å². The lowest BCUT2D eigenvalue weighted by atomic mass is 9.94. The summed E-state index contributed by atoms with van der Waals surface area (Å²) < 4.78 is 24.6. The number of carbonyl (C=O) groups excluding carboxylic acids is 1. The minimum absolute atomic E-state index is 0.196. The molecule has 0 unspecified atom stereocenters. The van der Waals surface area contributed by atoms with Crippen LogP contribution in [0.1, 0.15) is 19.3 Å². The molecule has 1 N–H and O–H groups in total. The van der Waals surface area contributed by atoms with Gasteiger partial charge in [-0.05, 0) is 19.3 Å². The van der Waals surface area contributed by atoms with E-state index in [0.717, 1.165) is 19.3 Å². The molecule has 15 heavy (non-hydrogen) atoms. The molecule has 0 aromatic rings. The van der Waals surface area contributed by atoms with Crippen LogP contribution in [-0.2, 0) is 4.79 Å². The van der Waals surface area contributed by atoms with Gasteiger partial charge >= 0.3 is 0 Å². The highest BCUT2D eigenvalue weighted by Gasteiger charge is 2.51. The minimum atomic E-state index is -2.78. The normalized spacial score (nSPS) is 24.0. The summed E-state index contributed by atoms with van der Waals surface area (Å²) in [6, 6.07) is 0. The van der Waals surface area contributed by atoms with Gasteiger partial charge in [0.2, 0.25) is 5.91 Å². The average molecular weight is 217 g/mol. The lowest BCUT2D eigenvalue weighted by molar-refractivity contribution is -0.186. The Morgan fingerprint density at radius 2 is 2.20 bits per heavy atom. The van der Waals surface area contributed by atoms with Crippen LogP contribution in [0.15, 0.2) is 11.6 Å². The maximum Gasteiger partial charge on any atom is 0.270 e. The molecular formula is C10H13F2NO2. The van der Waals surface area contributed by atoms with E-state index < -0.39 is 12.0 Å². The van der Waals surface area contributed by atoms with Gasteiger partial charge in [0, 0.05) is 5.57 Å². The van der Waals surface area contributed by atoms with Gasteiger partial charge in [0.05, 0.1) is 13.1 Å². The molecule has 0 atom stereocenters. The van der Waals surface area contributed by atoms with E-state index in [1.165, 1.54) is 4.90 Å². The fraction of sp³-hybridized carbons (Fsp3) is 0.700. The molecule has 5 heteroatoms. The molecule has 0 radical (unpaired) electrons. The van der Waals surface area contributed by atoms with Crippen LogP contribution in [0, 0.1) is 0 Å². The Labute approximate surface area is 86.4 Å². The van der Waals surface area contributed by atoms with E-state index in [2.05, 4.69) is 0 Å². The SMILES string of the molecule is O=C(C1=CCCC1)N1CC(O)(C(F)F)C1. The number of β-amino-alcohol motifs (C(OH)–C–C–N with tert-alkyl or cyclic N) is 1. The number of amides is 1. The Balaban J connectivity index is 1.91. The lowest BCUT2D eigenvalue weighted by Crippen LogP contribution is -2.67. The van der Waals surface area contributed by atoms with Gasteiger partial charge in [-0.15, -0.1) is 0 Å². The third-order valence-electron chi connectivity index (χ3n) is 2.94. The Kier molecular flexibility index (Phi) is 2.50. The topological polar surface area (TPSA) is 40.5 Å². The highest BCUT2D eigenvalue weighted by molar-refractivity contribution is 5.94. The summed E-state index contributed by atoms with van der Waals surface area (Å²) in [5.74, 6) is -0.196. The summed E-state index contributed by atoms with van der Waals surface area (Å²) in [6.45, 7) is -0.498. The first kappa shape index (κ1) is 10.5. The third-order valence-corrected chi connectivity index (χ3v) is 2.94. The first-order valence-corrected chi connectivity index (χ1v) is 5.02. The number of alkyl halides is 2. The summed E-state index contributed by atoms with van der Waals surface area (Å²) in [7, 11) is 0. The van der Waals surface area contributed by atoms with Crippen molar-refractivity contribution in [2.45, 2.75) is 31.3 Å². The van der Waals surface area contributed by atoms with Crippen LogP contribution < -0.4 is 0 Å². The molecule has 1 aliphatic carbocycles. The lowest BCUT2D eigenvalue weighted by Gasteiger charge is -2.45. The second-order valence-corrected chi connectivity index (χ2v) is 4.19. The van der Waals surface area contributed by atoms with E-state index in [9.17, 15) is 18.7 Å². The number of hydrogen-bond acceptors (Lipinski definition) is 2. The number of carbonyl (C=O) groups is 1. The van der Waals surface area contributed by atoms with Crippen molar-refractivity contribution in [3.63, 3.8) is 0 Å². The molecule has 1 heterocycles. The van der Waals surface area contributed by atoms with Crippen LogP contribution in [0.5, 0.6) is 0 Å². The average Bonchev–Trinajstić information content (AvgIpc) is 2.64. The molecule has 1 saturated heterocycles. The van der Waals surface area contributed by atoms with Gasteiger partial charge in [-0.25, -0.2) is 8.78 Å². The molecule has 1 fully saturated rings. The maximum absolute atomic E-state index is 12.3.